The van der Waals surface area contributed by atoms with Gasteiger partial charge in [-0.05, 0) is 0 Å². The molecule has 0 amide bonds. The van der Waals surface area contributed by atoms with Gasteiger partial charge in [-0.3, -0.25) is 4.79 Å². The Bertz CT molecular complexity index is 106. The molecule has 0 aromatic heterocycles. The molecule has 0 aromatic rings. The summed E-state index contributed by atoms with van der Waals surface area (Å²) in [5.41, 5.74) is 5.17. The molecule has 0 fully saturated rings. The number of nitrogens with two attached hydrogens (primary N) is 1. The molecule has 0 bridgehead atoms. The molecule has 0 heterocycles. The van der Waals surface area contributed by atoms with E-state index in [0.717, 1.165) is 0 Å². The Morgan fingerprint density at radius 3 is 2.60 bits per heavy atom. The molecule has 0 aliphatic carbocycles. The van der Waals surface area contributed by atoms with Gasteiger partial charge in [-0.2, -0.15) is 0 Å². The molecule has 0 aromatic carbocycles. The highest BCUT2D eigenvalue weighted by Crippen LogP contribution is 1.89. The van der Waals surface area contributed by atoms with E-state index in [0.29, 0.717) is 0 Å². The lowest BCUT2D eigenvalue weighted by molar-refractivity contribution is -0.152. The largest absolute Gasteiger partial charge is 0.439 e. The summed E-state index contributed by atoms with van der Waals surface area (Å²) in [5.74, 6) is -0.607. The zero-order valence-electron chi connectivity index (χ0n) is 5.49. The summed E-state index contributed by atoms with van der Waals surface area (Å²) >= 11 is 0. The number of esters is 1. The summed E-state index contributed by atoms with van der Waals surface area (Å²) in [5, 5.41) is 16.4. The van der Waals surface area contributed by atoms with E-state index in [2.05, 4.69) is 4.74 Å². The van der Waals surface area contributed by atoms with Crippen molar-refractivity contribution >= 4 is 5.97 Å². The van der Waals surface area contributed by atoms with Crippen LogP contribution >= 0.6 is 0 Å². The minimum atomic E-state index is -0.642. The van der Waals surface area contributed by atoms with Crippen molar-refractivity contribution in [2.45, 2.75) is 12.5 Å². The van der Waals surface area contributed by atoms with Gasteiger partial charge in [0.05, 0.1) is 13.0 Å². The minimum absolute atomic E-state index is 0.0724. The van der Waals surface area contributed by atoms with Crippen LogP contribution in [0, 0.1) is 0 Å². The molecule has 0 saturated carbocycles. The van der Waals surface area contributed by atoms with E-state index in [-0.39, 0.29) is 13.0 Å². The van der Waals surface area contributed by atoms with Crippen LogP contribution in [-0.4, -0.2) is 35.6 Å². The predicted molar refractivity (Wildman–Crippen MR) is 32.9 cm³/mol. The van der Waals surface area contributed by atoms with Crippen LogP contribution in [0.2, 0.25) is 0 Å². The molecule has 1 unspecified atom stereocenters. The second-order valence-electron chi connectivity index (χ2n) is 1.79. The molecule has 60 valence electrons. The Labute approximate surface area is 58.4 Å². The van der Waals surface area contributed by atoms with E-state index in [1.165, 1.54) is 0 Å². The fourth-order valence-corrected chi connectivity index (χ4v) is 0.410. The summed E-state index contributed by atoms with van der Waals surface area (Å²) in [6.45, 7) is -0.905. The van der Waals surface area contributed by atoms with Gasteiger partial charge in [0.25, 0.3) is 0 Å². The SMILES string of the molecule is NC(CO)CC(=O)OCO. The quantitative estimate of drug-likeness (QED) is 0.323. The Morgan fingerprint density at radius 1 is 1.60 bits per heavy atom. The summed E-state index contributed by atoms with van der Waals surface area (Å²) < 4.78 is 4.14. The minimum Gasteiger partial charge on any atom is -0.439 e. The van der Waals surface area contributed by atoms with E-state index in [9.17, 15) is 4.79 Å². The molecular formula is C5H11NO4. The van der Waals surface area contributed by atoms with Gasteiger partial charge < -0.3 is 20.7 Å². The third-order valence-electron chi connectivity index (χ3n) is 0.889. The van der Waals surface area contributed by atoms with Crippen molar-refractivity contribution in [1.29, 1.82) is 0 Å². The summed E-state index contributed by atoms with van der Waals surface area (Å²) in [4.78, 5) is 10.4. The van der Waals surface area contributed by atoms with Crippen LogP contribution in [0.5, 0.6) is 0 Å². The van der Waals surface area contributed by atoms with Crippen molar-refractivity contribution < 1.29 is 19.7 Å². The van der Waals surface area contributed by atoms with Crippen LogP contribution in [0.15, 0.2) is 0 Å². The van der Waals surface area contributed by atoms with E-state index in [1.54, 1.807) is 0 Å². The first kappa shape index (κ1) is 9.35. The summed E-state index contributed by atoms with van der Waals surface area (Å²) in [6.07, 6.45) is -0.0724. The van der Waals surface area contributed by atoms with E-state index in [4.69, 9.17) is 15.9 Å². The van der Waals surface area contributed by atoms with Crippen LogP contribution < -0.4 is 5.73 Å². The van der Waals surface area contributed by atoms with Gasteiger partial charge in [-0.1, -0.05) is 0 Å². The van der Waals surface area contributed by atoms with Gasteiger partial charge in [0.2, 0.25) is 0 Å². The molecule has 1 atom stereocenters. The first-order chi connectivity index (χ1) is 4.70. The number of rotatable bonds is 4. The van der Waals surface area contributed by atoms with Crippen LogP contribution in [-0.2, 0) is 9.53 Å². The van der Waals surface area contributed by atoms with Crippen molar-refractivity contribution in [2.75, 3.05) is 13.4 Å². The van der Waals surface area contributed by atoms with Gasteiger partial charge in [-0.15, -0.1) is 0 Å². The number of ether oxygens (including phenoxy) is 1. The van der Waals surface area contributed by atoms with Crippen molar-refractivity contribution in [1.82, 2.24) is 0 Å². The lowest BCUT2D eigenvalue weighted by atomic mass is 10.2. The molecule has 0 rings (SSSR count). The fraction of sp³-hybridized carbons (Fsp3) is 0.800. The zero-order chi connectivity index (χ0) is 7.98. The van der Waals surface area contributed by atoms with Crippen LogP contribution in [0.25, 0.3) is 0 Å². The second-order valence-corrected chi connectivity index (χ2v) is 1.79. The Kier molecular flexibility index (Phi) is 4.82. The smallest absolute Gasteiger partial charge is 0.309 e. The van der Waals surface area contributed by atoms with Gasteiger partial charge in [0, 0.05) is 6.04 Å². The second kappa shape index (κ2) is 5.16. The maximum Gasteiger partial charge on any atom is 0.309 e. The molecule has 10 heavy (non-hydrogen) atoms. The Morgan fingerprint density at radius 2 is 2.20 bits per heavy atom. The lowest BCUT2D eigenvalue weighted by Gasteiger charge is -2.05. The van der Waals surface area contributed by atoms with Crippen LogP contribution in [0.1, 0.15) is 6.42 Å². The topological polar surface area (TPSA) is 92.8 Å². The van der Waals surface area contributed by atoms with Crippen molar-refractivity contribution in [3.63, 3.8) is 0 Å². The molecule has 0 spiro atoms. The molecule has 5 heteroatoms. The Balaban J connectivity index is 3.37. The maximum atomic E-state index is 10.4. The summed E-state index contributed by atoms with van der Waals surface area (Å²) in [6, 6.07) is -0.598. The molecule has 5 nitrogen and oxygen atoms in total. The van der Waals surface area contributed by atoms with Gasteiger partial charge >= 0.3 is 5.97 Å². The highest BCUT2D eigenvalue weighted by Gasteiger charge is 2.08. The standard InChI is InChI=1S/C5H11NO4/c6-4(2-7)1-5(9)10-3-8/h4,7-8H,1-3,6H2. The average Bonchev–Trinajstić information content (AvgIpc) is 1.88. The average molecular weight is 149 g/mol. The molecule has 0 radical (unpaired) electrons. The fourth-order valence-electron chi connectivity index (χ4n) is 0.410. The molecule has 0 saturated heterocycles. The number of carbonyl (C=O) groups excluding carboxylic acids is 1. The monoisotopic (exact) mass is 149 g/mol. The van der Waals surface area contributed by atoms with E-state index >= 15 is 0 Å². The predicted octanol–water partition coefficient (Wildman–Crippen LogP) is -1.81. The van der Waals surface area contributed by atoms with Crippen molar-refractivity contribution in [3.05, 3.63) is 0 Å². The van der Waals surface area contributed by atoms with Crippen molar-refractivity contribution in [3.8, 4) is 0 Å². The number of aliphatic hydroxyl groups excluding tert-OH is 2. The van der Waals surface area contributed by atoms with Crippen LogP contribution in [0.4, 0.5) is 0 Å². The van der Waals surface area contributed by atoms with E-state index in [1.807, 2.05) is 0 Å². The van der Waals surface area contributed by atoms with Gasteiger partial charge in [-0.25, -0.2) is 0 Å². The summed E-state index contributed by atoms with van der Waals surface area (Å²) in [7, 11) is 0. The maximum absolute atomic E-state index is 10.4. The highest BCUT2D eigenvalue weighted by atomic mass is 16.6. The third-order valence-corrected chi connectivity index (χ3v) is 0.889. The van der Waals surface area contributed by atoms with Crippen molar-refractivity contribution in [2.24, 2.45) is 5.73 Å². The van der Waals surface area contributed by atoms with Crippen LogP contribution in [0.3, 0.4) is 0 Å². The number of hydrogen-bond donors (Lipinski definition) is 3. The molecule has 0 aliphatic heterocycles. The first-order valence-electron chi connectivity index (χ1n) is 2.83. The number of aliphatic hydroxyl groups is 2. The molecule has 0 aliphatic rings. The molecular weight excluding hydrogens is 138 g/mol. The number of carbonyl (C=O) groups is 1. The lowest BCUT2D eigenvalue weighted by Crippen LogP contribution is -2.28. The Hall–Kier alpha value is -0.650. The van der Waals surface area contributed by atoms with E-state index < -0.39 is 18.8 Å². The molecule has 4 N–H and O–H groups in total. The van der Waals surface area contributed by atoms with Gasteiger partial charge in [0.1, 0.15) is 0 Å². The first-order valence-corrected chi connectivity index (χ1v) is 2.83. The highest BCUT2D eigenvalue weighted by molar-refractivity contribution is 5.69. The zero-order valence-corrected chi connectivity index (χ0v) is 5.49. The normalized spacial score (nSPS) is 12.7. The van der Waals surface area contributed by atoms with Gasteiger partial charge in [0.15, 0.2) is 6.79 Å². The third kappa shape index (κ3) is 4.25. The number of hydrogen-bond acceptors (Lipinski definition) is 5.